The molecular formula is C14H21N3. The molecule has 1 aromatic rings. The highest BCUT2D eigenvalue weighted by Gasteiger charge is 2.36. The smallest absolute Gasteiger partial charge is 0.0443 e. The van der Waals surface area contributed by atoms with Gasteiger partial charge >= 0.3 is 0 Å². The molecule has 3 heteroatoms. The van der Waals surface area contributed by atoms with Crippen molar-refractivity contribution in [3.8, 4) is 0 Å². The second-order valence-corrected chi connectivity index (χ2v) is 5.39. The summed E-state index contributed by atoms with van der Waals surface area (Å²) in [5.74, 6) is 1.90. The summed E-state index contributed by atoms with van der Waals surface area (Å²) in [6.07, 6.45) is 8.24. The molecule has 1 aromatic heterocycles. The summed E-state index contributed by atoms with van der Waals surface area (Å²) in [6.45, 7) is 3.42. The predicted octanol–water partition coefficient (Wildman–Crippen LogP) is 2.04. The van der Waals surface area contributed by atoms with Crippen LogP contribution in [-0.2, 0) is 6.54 Å². The Hall–Kier alpha value is -1.09. The number of hydrogen-bond donors (Lipinski definition) is 1. The normalized spacial score (nSPS) is 27.5. The van der Waals surface area contributed by atoms with E-state index < -0.39 is 0 Å². The lowest BCUT2D eigenvalue weighted by Gasteiger charge is -2.22. The molecule has 0 aromatic carbocycles. The molecule has 2 unspecified atom stereocenters. The molecule has 1 saturated heterocycles. The maximum Gasteiger partial charge on any atom is 0.0443 e. The van der Waals surface area contributed by atoms with Gasteiger partial charge < -0.3 is 10.2 Å². The van der Waals surface area contributed by atoms with Gasteiger partial charge in [-0.15, -0.1) is 0 Å². The quantitative estimate of drug-likeness (QED) is 0.863. The van der Waals surface area contributed by atoms with Gasteiger partial charge in [0.05, 0.1) is 0 Å². The molecule has 17 heavy (non-hydrogen) atoms. The van der Waals surface area contributed by atoms with Gasteiger partial charge in [0.1, 0.15) is 0 Å². The highest BCUT2D eigenvalue weighted by molar-refractivity contribution is 5.53. The second kappa shape index (κ2) is 4.65. The van der Waals surface area contributed by atoms with Crippen LogP contribution in [0.5, 0.6) is 0 Å². The summed E-state index contributed by atoms with van der Waals surface area (Å²) in [5.41, 5.74) is 2.72. The van der Waals surface area contributed by atoms with Crippen molar-refractivity contribution in [1.82, 2.24) is 10.3 Å². The van der Waals surface area contributed by atoms with Crippen LogP contribution in [-0.4, -0.2) is 25.1 Å². The molecule has 1 aliphatic heterocycles. The van der Waals surface area contributed by atoms with Crippen molar-refractivity contribution in [3.05, 3.63) is 24.0 Å². The van der Waals surface area contributed by atoms with E-state index in [-0.39, 0.29) is 0 Å². The van der Waals surface area contributed by atoms with E-state index in [4.69, 9.17) is 0 Å². The van der Waals surface area contributed by atoms with Crippen molar-refractivity contribution in [2.45, 2.75) is 25.8 Å². The number of fused-ring (bicyclic) bond motifs is 1. The highest BCUT2D eigenvalue weighted by Crippen LogP contribution is 2.40. The average molecular weight is 231 g/mol. The molecule has 1 saturated carbocycles. The van der Waals surface area contributed by atoms with Crippen molar-refractivity contribution < 1.29 is 0 Å². The number of rotatable bonds is 3. The Balaban J connectivity index is 1.80. The van der Waals surface area contributed by atoms with E-state index >= 15 is 0 Å². The van der Waals surface area contributed by atoms with E-state index in [2.05, 4.69) is 21.3 Å². The summed E-state index contributed by atoms with van der Waals surface area (Å²) >= 11 is 0. The van der Waals surface area contributed by atoms with E-state index in [1.807, 2.05) is 19.4 Å². The maximum absolute atomic E-state index is 4.24. The van der Waals surface area contributed by atoms with Gasteiger partial charge in [0.15, 0.2) is 0 Å². The van der Waals surface area contributed by atoms with Crippen molar-refractivity contribution in [2.24, 2.45) is 11.8 Å². The fourth-order valence-electron chi connectivity index (χ4n) is 3.49. The van der Waals surface area contributed by atoms with Crippen molar-refractivity contribution in [1.29, 1.82) is 0 Å². The Morgan fingerprint density at radius 2 is 2.12 bits per heavy atom. The monoisotopic (exact) mass is 231 g/mol. The Morgan fingerprint density at radius 3 is 2.82 bits per heavy atom. The standard InChI is InChI=1S/C14H21N3/c1-15-7-13-8-16-6-5-14(13)17-9-11-3-2-4-12(11)10-17/h5-6,8,11-12,15H,2-4,7,9-10H2,1H3. The Morgan fingerprint density at radius 1 is 1.35 bits per heavy atom. The van der Waals surface area contributed by atoms with Gasteiger partial charge in [-0.25, -0.2) is 0 Å². The molecule has 0 radical (unpaired) electrons. The SMILES string of the molecule is CNCc1cnccc1N1CC2CCCC2C1. The first kappa shape index (κ1) is 11.0. The van der Waals surface area contributed by atoms with E-state index in [0.717, 1.165) is 18.4 Å². The van der Waals surface area contributed by atoms with E-state index in [0.29, 0.717) is 0 Å². The summed E-state index contributed by atoms with van der Waals surface area (Å²) in [7, 11) is 2.00. The molecule has 3 rings (SSSR count). The van der Waals surface area contributed by atoms with Gasteiger partial charge in [-0.05, 0) is 37.8 Å². The van der Waals surface area contributed by atoms with Gasteiger partial charge in [0.2, 0.25) is 0 Å². The first-order valence-electron chi connectivity index (χ1n) is 6.71. The van der Waals surface area contributed by atoms with Crippen LogP contribution in [0, 0.1) is 11.8 Å². The molecule has 1 N–H and O–H groups in total. The molecular weight excluding hydrogens is 210 g/mol. The first-order chi connectivity index (χ1) is 8.38. The zero-order valence-electron chi connectivity index (χ0n) is 10.5. The zero-order valence-corrected chi connectivity index (χ0v) is 10.5. The van der Waals surface area contributed by atoms with Crippen LogP contribution in [0.25, 0.3) is 0 Å². The van der Waals surface area contributed by atoms with Crippen LogP contribution in [0.1, 0.15) is 24.8 Å². The number of anilines is 1. The number of pyridine rings is 1. The second-order valence-electron chi connectivity index (χ2n) is 5.39. The van der Waals surface area contributed by atoms with Crippen LogP contribution in [0.2, 0.25) is 0 Å². The third kappa shape index (κ3) is 2.04. The maximum atomic E-state index is 4.24. The summed E-state index contributed by atoms with van der Waals surface area (Å²) < 4.78 is 0. The van der Waals surface area contributed by atoms with Crippen LogP contribution in [0.4, 0.5) is 5.69 Å². The zero-order chi connectivity index (χ0) is 11.7. The topological polar surface area (TPSA) is 28.2 Å². The minimum Gasteiger partial charge on any atom is -0.371 e. The summed E-state index contributed by atoms with van der Waals surface area (Å²) in [5, 5.41) is 3.23. The van der Waals surface area contributed by atoms with Crippen molar-refractivity contribution >= 4 is 5.69 Å². The minimum atomic E-state index is 0.912. The minimum absolute atomic E-state index is 0.912. The molecule has 2 atom stereocenters. The number of nitrogens with one attached hydrogen (secondary N) is 1. The lowest BCUT2D eigenvalue weighted by molar-refractivity contribution is 0.494. The largest absolute Gasteiger partial charge is 0.371 e. The molecule has 0 bridgehead atoms. The molecule has 0 amide bonds. The van der Waals surface area contributed by atoms with Crippen LogP contribution < -0.4 is 10.2 Å². The molecule has 1 aliphatic carbocycles. The molecule has 2 heterocycles. The molecule has 0 spiro atoms. The van der Waals surface area contributed by atoms with Crippen LogP contribution >= 0.6 is 0 Å². The van der Waals surface area contributed by atoms with E-state index in [1.165, 1.54) is 43.6 Å². The molecule has 3 nitrogen and oxygen atoms in total. The van der Waals surface area contributed by atoms with Crippen molar-refractivity contribution in [2.75, 3.05) is 25.0 Å². The third-order valence-electron chi connectivity index (χ3n) is 4.31. The average Bonchev–Trinajstić information content (AvgIpc) is 2.90. The van der Waals surface area contributed by atoms with Gasteiger partial charge in [0, 0.05) is 43.3 Å². The van der Waals surface area contributed by atoms with E-state index in [9.17, 15) is 0 Å². The van der Waals surface area contributed by atoms with Gasteiger partial charge in [-0.2, -0.15) is 0 Å². The number of nitrogens with zero attached hydrogens (tertiary/aromatic N) is 2. The summed E-state index contributed by atoms with van der Waals surface area (Å²) in [6, 6.07) is 2.17. The lowest BCUT2D eigenvalue weighted by atomic mass is 10.0. The fourth-order valence-corrected chi connectivity index (χ4v) is 3.49. The van der Waals surface area contributed by atoms with Gasteiger partial charge in [-0.3, -0.25) is 4.98 Å². The Labute approximate surface area is 103 Å². The van der Waals surface area contributed by atoms with E-state index in [1.54, 1.807) is 0 Å². The highest BCUT2D eigenvalue weighted by atomic mass is 15.2. The fraction of sp³-hybridized carbons (Fsp3) is 0.643. The summed E-state index contributed by atoms with van der Waals surface area (Å²) in [4.78, 5) is 6.81. The third-order valence-corrected chi connectivity index (χ3v) is 4.31. The lowest BCUT2D eigenvalue weighted by Crippen LogP contribution is -2.23. The molecule has 92 valence electrons. The predicted molar refractivity (Wildman–Crippen MR) is 70.0 cm³/mol. The van der Waals surface area contributed by atoms with Gasteiger partial charge in [-0.1, -0.05) is 6.42 Å². The van der Waals surface area contributed by atoms with Crippen molar-refractivity contribution in [3.63, 3.8) is 0 Å². The Bertz CT molecular complexity index is 379. The molecule has 2 fully saturated rings. The van der Waals surface area contributed by atoms with Crippen LogP contribution in [0.15, 0.2) is 18.5 Å². The Kier molecular flexibility index (Phi) is 3.02. The van der Waals surface area contributed by atoms with Gasteiger partial charge in [0.25, 0.3) is 0 Å². The number of hydrogen-bond acceptors (Lipinski definition) is 3. The van der Waals surface area contributed by atoms with Crippen LogP contribution in [0.3, 0.4) is 0 Å². The first-order valence-corrected chi connectivity index (χ1v) is 6.71. The molecule has 2 aliphatic rings. The number of aromatic nitrogens is 1.